The van der Waals surface area contributed by atoms with Gasteiger partial charge in [0, 0.05) is 16.1 Å². The van der Waals surface area contributed by atoms with Crippen molar-refractivity contribution in [3.8, 4) is 11.3 Å². The van der Waals surface area contributed by atoms with Crippen LogP contribution < -0.4 is 5.32 Å². The second-order valence-corrected chi connectivity index (χ2v) is 8.28. The van der Waals surface area contributed by atoms with Crippen molar-refractivity contribution in [2.24, 2.45) is 17.3 Å². The lowest BCUT2D eigenvalue weighted by molar-refractivity contribution is -0.118. The van der Waals surface area contributed by atoms with Crippen LogP contribution in [0.25, 0.3) is 11.3 Å². The van der Waals surface area contributed by atoms with Gasteiger partial charge in [0.05, 0.1) is 5.92 Å². The van der Waals surface area contributed by atoms with Gasteiger partial charge in [-0.15, -0.1) is 0 Å². The summed E-state index contributed by atoms with van der Waals surface area (Å²) in [5.74, 6) is -0.00254. The lowest BCUT2D eigenvalue weighted by atomic mass is 10.1. The molecule has 1 aromatic carbocycles. The molecule has 0 spiro atoms. The molecule has 2 unspecified atom stereocenters. The highest BCUT2D eigenvalue weighted by molar-refractivity contribution is 9.10. The Morgan fingerprint density at radius 1 is 1.33 bits per heavy atom. The average molecular weight is 430 g/mol. The number of nitrogens with zero attached hydrogens (tertiary/aromatic N) is 1. The van der Waals surface area contributed by atoms with Gasteiger partial charge in [-0.25, -0.2) is 0 Å². The van der Waals surface area contributed by atoms with Crippen molar-refractivity contribution >= 4 is 50.9 Å². The zero-order valence-corrected chi connectivity index (χ0v) is 16.1. The number of carbonyl (C=O) groups is 1. The number of anilines is 1. The number of halogens is 3. The molecule has 0 aliphatic heterocycles. The van der Waals surface area contributed by atoms with Crippen molar-refractivity contribution in [1.82, 2.24) is 5.16 Å². The van der Waals surface area contributed by atoms with Crippen LogP contribution in [0.2, 0.25) is 0 Å². The van der Waals surface area contributed by atoms with Gasteiger partial charge < -0.3 is 4.52 Å². The van der Waals surface area contributed by atoms with Gasteiger partial charge in [0.15, 0.2) is 0 Å². The molecule has 0 bridgehead atoms. The smallest absolute Gasteiger partial charge is 0.231 e. The Bertz CT molecular complexity index is 795. The van der Waals surface area contributed by atoms with Crippen molar-refractivity contribution in [3.63, 3.8) is 0 Å². The highest BCUT2D eigenvalue weighted by Crippen LogP contribution is 2.60. The Balaban J connectivity index is 1.70. The topological polar surface area (TPSA) is 55.1 Å². The maximum atomic E-state index is 12.5. The normalized spacial score (nSPS) is 21.2. The van der Waals surface area contributed by atoms with Crippen LogP contribution in [-0.2, 0) is 4.79 Å². The van der Waals surface area contributed by atoms with E-state index in [1.165, 1.54) is 0 Å². The molecule has 0 saturated heterocycles. The molecule has 24 heavy (non-hydrogen) atoms. The minimum Gasteiger partial charge on any atom is -0.338 e. The third-order valence-corrected chi connectivity index (χ3v) is 5.18. The molecular weight excluding hydrogens is 415 g/mol. The maximum Gasteiger partial charge on any atom is 0.231 e. The molecule has 4 nitrogen and oxygen atoms in total. The summed E-state index contributed by atoms with van der Waals surface area (Å²) in [5, 5.41) is 6.76. The zero-order chi connectivity index (χ0) is 17.5. The molecule has 2 atom stereocenters. The van der Waals surface area contributed by atoms with E-state index in [-0.39, 0.29) is 27.6 Å². The number of hydrogen-bond donors (Lipinski definition) is 1. The molecule has 7 heteroatoms. The largest absolute Gasteiger partial charge is 0.338 e. The molecule has 1 N–H and O–H groups in total. The molecule has 1 fully saturated rings. The highest BCUT2D eigenvalue weighted by Gasteiger charge is 2.60. The van der Waals surface area contributed by atoms with Gasteiger partial charge in [-0.3, -0.25) is 10.1 Å². The molecule has 1 aromatic heterocycles. The summed E-state index contributed by atoms with van der Waals surface area (Å²) in [6, 6.07) is 9.38. The van der Waals surface area contributed by atoms with Crippen molar-refractivity contribution in [1.29, 1.82) is 0 Å². The summed E-state index contributed by atoms with van der Waals surface area (Å²) in [6.07, 6.45) is 1.71. The van der Waals surface area contributed by atoms with Crippen LogP contribution in [0, 0.1) is 17.3 Å². The van der Waals surface area contributed by atoms with E-state index in [0.717, 1.165) is 10.0 Å². The fraction of sp³-hybridized carbons (Fsp3) is 0.294. The molecule has 1 aliphatic carbocycles. The summed E-state index contributed by atoms with van der Waals surface area (Å²) in [5.41, 5.74) is 1.38. The van der Waals surface area contributed by atoms with Gasteiger partial charge in [-0.05, 0) is 29.5 Å². The van der Waals surface area contributed by atoms with E-state index in [4.69, 9.17) is 27.7 Å². The van der Waals surface area contributed by atoms with Crippen molar-refractivity contribution < 1.29 is 9.32 Å². The summed E-state index contributed by atoms with van der Waals surface area (Å²) in [7, 11) is 0. The van der Waals surface area contributed by atoms with E-state index in [2.05, 4.69) is 26.4 Å². The molecule has 2 aromatic rings. The number of aromatic nitrogens is 1. The number of allylic oxidation sites excluding steroid dienone is 1. The number of hydrogen-bond acceptors (Lipinski definition) is 3. The number of nitrogens with one attached hydrogen (secondary N) is 1. The van der Waals surface area contributed by atoms with E-state index in [9.17, 15) is 4.79 Å². The second-order valence-electron chi connectivity index (χ2n) is 6.35. The predicted octanol–water partition coefficient (Wildman–Crippen LogP) is 5.63. The first-order valence-corrected chi connectivity index (χ1v) is 8.90. The predicted molar refractivity (Wildman–Crippen MR) is 98.8 cm³/mol. The maximum absolute atomic E-state index is 12.5. The lowest BCUT2D eigenvalue weighted by Crippen LogP contribution is -2.16. The third kappa shape index (κ3) is 3.53. The van der Waals surface area contributed by atoms with Gasteiger partial charge in [-0.2, -0.15) is 0 Å². The molecule has 1 amide bonds. The van der Waals surface area contributed by atoms with Crippen LogP contribution in [0.15, 0.2) is 49.9 Å². The standard InChI is InChI=1S/C17H15BrCl2N2O2/c1-17(2)11(7-13(19)20)15(17)16(23)21-14-8-12(22-24-14)9-3-5-10(18)6-4-9/h3-8,11,15H,1-2H3,(H,21,23). The van der Waals surface area contributed by atoms with Crippen molar-refractivity contribution in [2.75, 3.05) is 5.32 Å². The number of benzene rings is 1. The first-order chi connectivity index (χ1) is 11.3. The molecule has 3 rings (SSSR count). The number of amides is 1. The minimum atomic E-state index is -0.203. The van der Waals surface area contributed by atoms with Crippen LogP contribution in [0.3, 0.4) is 0 Å². The summed E-state index contributed by atoms with van der Waals surface area (Å²) in [4.78, 5) is 12.5. The van der Waals surface area contributed by atoms with Gasteiger partial charge in [0.2, 0.25) is 11.8 Å². The molecule has 1 heterocycles. The Morgan fingerprint density at radius 2 is 2.00 bits per heavy atom. The summed E-state index contributed by atoms with van der Waals surface area (Å²) < 4.78 is 6.38. The van der Waals surface area contributed by atoms with E-state index >= 15 is 0 Å². The first-order valence-electron chi connectivity index (χ1n) is 7.35. The quantitative estimate of drug-likeness (QED) is 0.684. The minimum absolute atomic E-state index is 0.0105. The number of rotatable bonds is 4. The fourth-order valence-electron chi connectivity index (χ4n) is 2.92. The van der Waals surface area contributed by atoms with Gasteiger partial charge >= 0.3 is 0 Å². The third-order valence-electron chi connectivity index (χ3n) is 4.40. The van der Waals surface area contributed by atoms with Crippen molar-refractivity contribution in [2.45, 2.75) is 13.8 Å². The Labute approximate surface area is 158 Å². The Hall–Kier alpha value is -1.30. The van der Waals surface area contributed by atoms with Crippen LogP contribution in [0.1, 0.15) is 13.8 Å². The second kappa shape index (κ2) is 6.54. The van der Waals surface area contributed by atoms with Gasteiger partial charge in [-0.1, -0.05) is 70.3 Å². The Kier molecular flexibility index (Phi) is 4.78. The summed E-state index contributed by atoms with van der Waals surface area (Å²) in [6.45, 7) is 4.01. The SMILES string of the molecule is CC1(C)C(C=C(Cl)Cl)C1C(=O)Nc1cc(-c2ccc(Br)cc2)no1. The van der Waals surface area contributed by atoms with Crippen molar-refractivity contribution in [3.05, 3.63) is 45.4 Å². The van der Waals surface area contributed by atoms with Crippen LogP contribution in [0.5, 0.6) is 0 Å². The zero-order valence-electron chi connectivity index (χ0n) is 13.0. The Morgan fingerprint density at radius 3 is 2.62 bits per heavy atom. The number of carbonyl (C=O) groups excluding carboxylic acids is 1. The molecule has 126 valence electrons. The molecule has 1 aliphatic rings. The van der Waals surface area contributed by atoms with E-state index in [1.807, 2.05) is 38.1 Å². The molecule has 0 radical (unpaired) electrons. The van der Waals surface area contributed by atoms with Crippen LogP contribution in [-0.4, -0.2) is 11.1 Å². The first kappa shape index (κ1) is 17.5. The molecular formula is C17H15BrCl2N2O2. The lowest BCUT2D eigenvalue weighted by Gasteiger charge is -2.01. The van der Waals surface area contributed by atoms with E-state index in [1.54, 1.807) is 12.1 Å². The molecule has 1 saturated carbocycles. The van der Waals surface area contributed by atoms with E-state index < -0.39 is 0 Å². The fourth-order valence-corrected chi connectivity index (χ4v) is 3.45. The van der Waals surface area contributed by atoms with Crippen LogP contribution in [0.4, 0.5) is 5.88 Å². The van der Waals surface area contributed by atoms with Gasteiger partial charge in [0.1, 0.15) is 10.2 Å². The monoisotopic (exact) mass is 428 g/mol. The van der Waals surface area contributed by atoms with E-state index in [0.29, 0.717) is 11.6 Å². The van der Waals surface area contributed by atoms with Gasteiger partial charge in [0.25, 0.3) is 0 Å². The average Bonchev–Trinajstić information content (AvgIpc) is 2.84. The highest BCUT2D eigenvalue weighted by atomic mass is 79.9. The summed E-state index contributed by atoms with van der Waals surface area (Å²) >= 11 is 14.8. The van der Waals surface area contributed by atoms with Crippen LogP contribution >= 0.6 is 39.1 Å².